The molecule has 1 aromatic carbocycles. The number of methoxy groups -OCH3 is 1. The van der Waals surface area contributed by atoms with Crippen LogP contribution in [0, 0.1) is 5.82 Å². The lowest BCUT2D eigenvalue weighted by molar-refractivity contribution is -0.192. The molecular formula is C21H25F4N3O6. The highest BCUT2D eigenvalue weighted by Crippen LogP contribution is 2.32. The number of aliphatic carboxylic acids is 1. The van der Waals surface area contributed by atoms with E-state index < -0.39 is 23.9 Å². The van der Waals surface area contributed by atoms with Crippen LogP contribution in [0.2, 0.25) is 0 Å². The molecule has 1 aliphatic heterocycles. The summed E-state index contributed by atoms with van der Waals surface area (Å²) in [6, 6.07) is 4.55. The van der Waals surface area contributed by atoms with Crippen LogP contribution in [0.25, 0.3) is 11.3 Å². The Kier molecular flexibility index (Phi) is 9.24. The largest absolute Gasteiger partial charge is 0.494 e. The van der Waals surface area contributed by atoms with Crippen molar-refractivity contribution in [2.75, 3.05) is 32.1 Å². The number of hydrogen-bond donors (Lipinski definition) is 3. The predicted molar refractivity (Wildman–Crippen MR) is 112 cm³/mol. The first kappa shape index (κ1) is 26.9. The number of halogens is 4. The SMILES string of the molecule is COc1cc(-c2onc(NCCN3CCCCC3C)c2C(=O)O)ccc1F.O=C(O)C(F)(F)F. The molecule has 0 radical (unpaired) electrons. The normalized spacial score (nSPS) is 16.4. The number of hydrogen-bond acceptors (Lipinski definition) is 7. The summed E-state index contributed by atoms with van der Waals surface area (Å²) in [7, 11) is 1.34. The number of benzene rings is 1. The van der Waals surface area contributed by atoms with Crippen LogP contribution in [0.1, 0.15) is 36.5 Å². The highest BCUT2D eigenvalue weighted by Gasteiger charge is 2.38. The Balaban J connectivity index is 0.000000509. The van der Waals surface area contributed by atoms with E-state index >= 15 is 0 Å². The fraction of sp³-hybridized carbons (Fsp3) is 0.476. The summed E-state index contributed by atoms with van der Waals surface area (Å²) in [6.45, 7) is 4.61. The van der Waals surface area contributed by atoms with Crippen molar-refractivity contribution in [3.8, 4) is 17.1 Å². The van der Waals surface area contributed by atoms with Crippen molar-refractivity contribution in [2.45, 2.75) is 38.4 Å². The second kappa shape index (κ2) is 11.7. The van der Waals surface area contributed by atoms with Crippen LogP contribution >= 0.6 is 0 Å². The Bertz CT molecular complexity index is 995. The molecule has 1 aliphatic rings. The molecule has 34 heavy (non-hydrogen) atoms. The average Bonchev–Trinajstić information content (AvgIpc) is 3.19. The number of nitrogens with zero attached hydrogens (tertiary/aromatic N) is 2. The Morgan fingerprint density at radius 1 is 1.29 bits per heavy atom. The fourth-order valence-corrected chi connectivity index (χ4v) is 3.41. The number of aromatic nitrogens is 1. The lowest BCUT2D eigenvalue weighted by Gasteiger charge is -2.33. The molecule has 9 nitrogen and oxygen atoms in total. The predicted octanol–water partition coefficient (Wildman–Crippen LogP) is 4.11. The van der Waals surface area contributed by atoms with Crippen LogP contribution in [0.4, 0.5) is 23.4 Å². The van der Waals surface area contributed by atoms with Crippen LogP contribution in [0.3, 0.4) is 0 Å². The second-order valence-electron chi connectivity index (χ2n) is 7.50. The van der Waals surface area contributed by atoms with E-state index in [9.17, 15) is 27.5 Å². The van der Waals surface area contributed by atoms with E-state index in [1.807, 2.05) is 0 Å². The van der Waals surface area contributed by atoms with Crippen molar-refractivity contribution in [1.82, 2.24) is 10.1 Å². The first-order valence-electron chi connectivity index (χ1n) is 10.3. The molecule has 1 aromatic heterocycles. The Morgan fingerprint density at radius 2 is 1.97 bits per heavy atom. The molecule has 3 N–H and O–H groups in total. The molecule has 1 saturated heterocycles. The topological polar surface area (TPSA) is 125 Å². The molecule has 0 saturated carbocycles. The molecule has 1 fully saturated rings. The second-order valence-corrected chi connectivity index (χ2v) is 7.50. The Morgan fingerprint density at radius 3 is 2.53 bits per heavy atom. The summed E-state index contributed by atoms with van der Waals surface area (Å²) in [5.41, 5.74) is 0.311. The van der Waals surface area contributed by atoms with E-state index in [1.54, 1.807) is 0 Å². The van der Waals surface area contributed by atoms with Gasteiger partial charge in [-0.1, -0.05) is 11.6 Å². The van der Waals surface area contributed by atoms with Crippen LogP contribution in [-0.4, -0.2) is 71.2 Å². The van der Waals surface area contributed by atoms with Gasteiger partial charge in [0, 0.05) is 24.7 Å². The molecule has 1 unspecified atom stereocenters. The van der Waals surface area contributed by atoms with Gasteiger partial charge in [0.2, 0.25) is 0 Å². The highest BCUT2D eigenvalue weighted by atomic mass is 19.4. The van der Waals surface area contributed by atoms with Gasteiger partial charge in [0.05, 0.1) is 7.11 Å². The summed E-state index contributed by atoms with van der Waals surface area (Å²) in [4.78, 5) is 23.0. The standard InChI is InChI=1S/C19H24FN3O4.C2HF3O2/c1-12-5-3-4-9-23(12)10-8-21-18-16(19(24)25)17(27-22-18)13-6-7-14(20)15(11-13)26-2;3-2(4,5)1(6)7/h6-7,11-12H,3-5,8-10H2,1-2H3,(H,21,22)(H,24,25);(H,6,7). The van der Waals surface area contributed by atoms with Crippen molar-refractivity contribution >= 4 is 17.8 Å². The van der Waals surface area contributed by atoms with Gasteiger partial charge >= 0.3 is 18.1 Å². The van der Waals surface area contributed by atoms with Crippen molar-refractivity contribution < 1.29 is 46.6 Å². The quantitative estimate of drug-likeness (QED) is 0.491. The number of carboxylic acids is 2. The highest BCUT2D eigenvalue weighted by molar-refractivity contribution is 5.99. The minimum absolute atomic E-state index is 0.00818. The smallest absolute Gasteiger partial charge is 0.490 e. The number of carboxylic acid groups (broad SMARTS) is 2. The lowest BCUT2D eigenvalue weighted by Crippen LogP contribution is -2.40. The Hall–Kier alpha value is -3.35. The molecule has 3 rings (SSSR count). The van der Waals surface area contributed by atoms with Crippen LogP contribution < -0.4 is 10.1 Å². The van der Waals surface area contributed by atoms with Gasteiger partial charge in [-0.25, -0.2) is 14.0 Å². The average molecular weight is 491 g/mol. The zero-order valence-corrected chi connectivity index (χ0v) is 18.5. The van der Waals surface area contributed by atoms with Gasteiger partial charge in [-0.3, -0.25) is 4.90 Å². The Labute approximate surface area is 192 Å². The first-order valence-corrected chi connectivity index (χ1v) is 10.3. The van der Waals surface area contributed by atoms with E-state index in [2.05, 4.69) is 22.3 Å². The lowest BCUT2D eigenvalue weighted by atomic mass is 10.0. The molecule has 2 heterocycles. The summed E-state index contributed by atoms with van der Waals surface area (Å²) in [5, 5.41) is 23.7. The monoisotopic (exact) mass is 491 g/mol. The summed E-state index contributed by atoms with van der Waals surface area (Å²) >= 11 is 0. The fourth-order valence-electron chi connectivity index (χ4n) is 3.41. The van der Waals surface area contributed by atoms with Crippen molar-refractivity contribution in [3.05, 3.63) is 29.6 Å². The van der Waals surface area contributed by atoms with Crippen molar-refractivity contribution in [2.24, 2.45) is 0 Å². The third-order valence-corrected chi connectivity index (χ3v) is 5.19. The molecule has 13 heteroatoms. The van der Waals surface area contributed by atoms with E-state index in [0.717, 1.165) is 13.1 Å². The van der Waals surface area contributed by atoms with Crippen molar-refractivity contribution in [1.29, 1.82) is 0 Å². The van der Waals surface area contributed by atoms with Gasteiger partial charge in [-0.05, 0) is 44.5 Å². The van der Waals surface area contributed by atoms with Crippen LogP contribution in [-0.2, 0) is 4.79 Å². The number of likely N-dealkylation sites (tertiary alicyclic amines) is 1. The van der Waals surface area contributed by atoms with E-state index in [1.165, 1.54) is 44.6 Å². The summed E-state index contributed by atoms with van der Waals surface area (Å²) in [5.74, 6) is -4.21. The number of anilines is 1. The van der Waals surface area contributed by atoms with Gasteiger partial charge in [-0.2, -0.15) is 13.2 Å². The molecule has 0 spiro atoms. The number of nitrogens with one attached hydrogen (secondary N) is 1. The number of rotatable bonds is 7. The molecule has 1 atom stereocenters. The zero-order chi connectivity index (χ0) is 25.5. The molecule has 0 bridgehead atoms. The van der Waals surface area contributed by atoms with Gasteiger partial charge in [0.15, 0.2) is 28.7 Å². The molecule has 0 aliphatic carbocycles. The van der Waals surface area contributed by atoms with E-state index in [0.29, 0.717) is 18.2 Å². The van der Waals surface area contributed by atoms with Gasteiger partial charge in [0.1, 0.15) is 0 Å². The third kappa shape index (κ3) is 7.07. The van der Waals surface area contributed by atoms with Gasteiger partial charge < -0.3 is 24.8 Å². The minimum atomic E-state index is -5.08. The maximum absolute atomic E-state index is 13.6. The summed E-state index contributed by atoms with van der Waals surface area (Å²) < 4.78 is 55.6. The zero-order valence-electron chi connectivity index (χ0n) is 18.5. The minimum Gasteiger partial charge on any atom is -0.494 e. The first-order chi connectivity index (χ1) is 16.0. The maximum atomic E-state index is 13.6. The molecule has 188 valence electrons. The number of piperidine rings is 1. The molecule has 2 aromatic rings. The molecular weight excluding hydrogens is 466 g/mol. The van der Waals surface area contributed by atoms with E-state index in [-0.39, 0.29) is 22.9 Å². The number of aromatic carboxylic acids is 1. The van der Waals surface area contributed by atoms with Crippen LogP contribution in [0.5, 0.6) is 5.75 Å². The third-order valence-electron chi connectivity index (χ3n) is 5.19. The maximum Gasteiger partial charge on any atom is 0.490 e. The number of alkyl halides is 3. The van der Waals surface area contributed by atoms with Crippen LogP contribution in [0.15, 0.2) is 22.7 Å². The number of ether oxygens (including phenoxy) is 1. The van der Waals surface area contributed by atoms with Crippen molar-refractivity contribution in [3.63, 3.8) is 0 Å². The van der Waals surface area contributed by atoms with Gasteiger partial charge in [-0.15, -0.1) is 0 Å². The molecule has 0 amide bonds. The van der Waals surface area contributed by atoms with E-state index in [4.69, 9.17) is 19.2 Å². The van der Waals surface area contributed by atoms with Gasteiger partial charge in [0.25, 0.3) is 0 Å². The number of carbonyl (C=O) groups is 2. The summed E-state index contributed by atoms with van der Waals surface area (Å²) in [6.07, 6.45) is -1.46.